The number of alkyl halides is 3. The Kier molecular flexibility index (Phi) is 8.47. The molecule has 6 nitrogen and oxygen atoms in total. The Morgan fingerprint density at radius 1 is 1.17 bits per heavy atom. The SMILES string of the molecule is CCc1nc(C(=O)NCC2CCC(S(C)(=O)=O)CC2)cn1-c1c(F)cc(CC(C)C(F)(F)F)cc1F. The van der Waals surface area contributed by atoms with Gasteiger partial charge in [-0.05, 0) is 55.7 Å². The first-order valence-electron chi connectivity index (χ1n) is 11.8. The van der Waals surface area contributed by atoms with Crippen LogP contribution in [0.25, 0.3) is 5.69 Å². The summed E-state index contributed by atoms with van der Waals surface area (Å²) in [6.07, 6.45) is -0.00558. The molecule has 1 aromatic carbocycles. The molecule has 1 amide bonds. The predicted octanol–water partition coefficient (Wildman–Crippen LogP) is 4.79. The van der Waals surface area contributed by atoms with Crippen molar-refractivity contribution in [3.63, 3.8) is 0 Å². The minimum Gasteiger partial charge on any atom is -0.350 e. The fraction of sp³-hybridized carbons (Fsp3) is 0.583. The van der Waals surface area contributed by atoms with Gasteiger partial charge in [0.2, 0.25) is 0 Å². The average Bonchev–Trinajstić information content (AvgIpc) is 3.20. The Hall–Kier alpha value is -2.50. The normalized spacial score (nSPS) is 19.8. The predicted molar refractivity (Wildman–Crippen MR) is 125 cm³/mol. The van der Waals surface area contributed by atoms with Gasteiger partial charge in [-0.25, -0.2) is 22.2 Å². The second-order valence-corrected chi connectivity index (χ2v) is 11.8. The van der Waals surface area contributed by atoms with Crippen molar-refractivity contribution in [1.82, 2.24) is 14.9 Å². The van der Waals surface area contributed by atoms with Gasteiger partial charge in [0.1, 0.15) is 27.0 Å². The van der Waals surface area contributed by atoms with Crippen LogP contribution < -0.4 is 5.32 Å². The lowest BCUT2D eigenvalue weighted by molar-refractivity contribution is -0.169. The molecule has 1 aliphatic carbocycles. The van der Waals surface area contributed by atoms with Crippen molar-refractivity contribution < 1.29 is 35.2 Å². The molecule has 12 heteroatoms. The number of imidazole rings is 1. The van der Waals surface area contributed by atoms with Gasteiger partial charge < -0.3 is 5.32 Å². The molecule has 2 aromatic rings. The number of rotatable bonds is 8. The van der Waals surface area contributed by atoms with E-state index in [-0.39, 0.29) is 34.7 Å². The zero-order valence-corrected chi connectivity index (χ0v) is 21.1. The molecule has 200 valence electrons. The van der Waals surface area contributed by atoms with Gasteiger partial charge in [-0.15, -0.1) is 0 Å². The maximum atomic E-state index is 14.9. The topological polar surface area (TPSA) is 81.1 Å². The Labute approximate surface area is 207 Å². The van der Waals surface area contributed by atoms with E-state index in [1.165, 1.54) is 12.5 Å². The minimum atomic E-state index is -4.49. The van der Waals surface area contributed by atoms with E-state index in [1.54, 1.807) is 6.92 Å². The smallest absolute Gasteiger partial charge is 0.350 e. The minimum absolute atomic E-state index is 0.0507. The molecular weight excluding hydrogens is 505 g/mol. The molecule has 1 aliphatic rings. The number of sulfone groups is 1. The van der Waals surface area contributed by atoms with Gasteiger partial charge in [-0.3, -0.25) is 9.36 Å². The van der Waals surface area contributed by atoms with Crippen molar-refractivity contribution >= 4 is 15.7 Å². The molecule has 1 unspecified atom stereocenters. The third-order valence-corrected chi connectivity index (χ3v) is 8.38. The van der Waals surface area contributed by atoms with Gasteiger partial charge >= 0.3 is 6.18 Å². The van der Waals surface area contributed by atoms with Gasteiger partial charge in [0, 0.05) is 25.4 Å². The Balaban J connectivity index is 1.73. The van der Waals surface area contributed by atoms with Crippen molar-refractivity contribution in [3.8, 4) is 5.69 Å². The van der Waals surface area contributed by atoms with Gasteiger partial charge in [-0.2, -0.15) is 13.2 Å². The Morgan fingerprint density at radius 2 is 1.75 bits per heavy atom. The van der Waals surface area contributed by atoms with Crippen molar-refractivity contribution in [2.45, 2.75) is 63.8 Å². The molecule has 0 bridgehead atoms. The summed E-state index contributed by atoms with van der Waals surface area (Å²) < 4.78 is 92.8. The number of carbonyl (C=O) groups excluding carboxylic acids is 1. The third-order valence-electron chi connectivity index (χ3n) is 6.70. The van der Waals surface area contributed by atoms with E-state index in [0.29, 0.717) is 32.2 Å². The number of aryl methyl sites for hydroxylation is 1. The lowest BCUT2D eigenvalue weighted by atomic mass is 9.89. The molecule has 1 atom stereocenters. The van der Waals surface area contributed by atoms with E-state index in [9.17, 15) is 35.2 Å². The maximum Gasteiger partial charge on any atom is 0.391 e. The van der Waals surface area contributed by atoms with Crippen LogP contribution in [0.5, 0.6) is 0 Å². The van der Waals surface area contributed by atoms with E-state index in [0.717, 1.165) is 23.6 Å². The second-order valence-electron chi connectivity index (χ2n) is 9.50. The van der Waals surface area contributed by atoms with Crippen LogP contribution in [-0.2, 0) is 22.7 Å². The number of benzene rings is 1. The first-order valence-corrected chi connectivity index (χ1v) is 13.8. The van der Waals surface area contributed by atoms with Crippen LogP contribution in [0, 0.1) is 23.5 Å². The van der Waals surface area contributed by atoms with E-state index in [2.05, 4.69) is 10.3 Å². The van der Waals surface area contributed by atoms with Crippen LogP contribution in [0.2, 0.25) is 0 Å². The van der Waals surface area contributed by atoms with Crippen LogP contribution in [0.4, 0.5) is 22.0 Å². The van der Waals surface area contributed by atoms with Crippen LogP contribution in [0.15, 0.2) is 18.3 Å². The molecule has 36 heavy (non-hydrogen) atoms. The molecule has 0 spiro atoms. The number of carbonyl (C=O) groups is 1. The Bertz CT molecular complexity index is 1180. The van der Waals surface area contributed by atoms with Gasteiger partial charge in [0.25, 0.3) is 5.91 Å². The highest BCUT2D eigenvalue weighted by atomic mass is 32.2. The molecule has 0 aliphatic heterocycles. The summed E-state index contributed by atoms with van der Waals surface area (Å²) in [6.45, 7) is 2.95. The van der Waals surface area contributed by atoms with Crippen LogP contribution in [0.1, 0.15) is 61.4 Å². The highest BCUT2D eigenvalue weighted by Crippen LogP contribution is 2.31. The van der Waals surface area contributed by atoms with E-state index in [1.807, 2.05) is 0 Å². The van der Waals surface area contributed by atoms with Crippen molar-refractivity contribution in [2.75, 3.05) is 12.8 Å². The molecule has 1 fully saturated rings. The van der Waals surface area contributed by atoms with E-state index in [4.69, 9.17) is 0 Å². The quantitative estimate of drug-likeness (QED) is 0.493. The molecule has 0 radical (unpaired) electrons. The van der Waals surface area contributed by atoms with Gasteiger partial charge in [0.15, 0.2) is 11.6 Å². The largest absolute Gasteiger partial charge is 0.391 e. The van der Waals surface area contributed by atoms with Crippen LogP contribution >= 0.6 is 0 Å². The molecular formula is C24H30F5N3O3S. The zero-order valence-electron chi connectivity index (χ0n) is 20.3. The number of amides is 1. The summed E-state index contributed by atoms with van der Waals surface area (Å²) in [7, 11) is -3.09. The number of hydrogen-bond acceptors (Lipinski definition) is 4. The molecule has 1 aromatic heterocycles. The number of aromatic nitrogens is 2. The van der Waals surface area contributed by atoms with Gasteiger partial charge in [-0.1, -0.05) is 13.8 Å². The number of hydrogen-bond donors (Lipinski definition) is 1. The molecule has 3 rings (SSSR count). The van der Waals surface area contributed by atoms with Crippen LogP contribution in [0.3, 0.4) is 0 Å². The third kappa shape index (κ3) is 6.63. The fourth-order valence-corrected chi connectivity index (χ4v) is 5.63. The fourth-order valence-electron chi connectivity index (χ4n) is 4.50. The standard InChI is InChI=1S/C24H30F5N3O3S/c1-4-21-31-20(23(33)30-12-15-5-7-17(8-6-15)36(3,34)35)13-32(21)22-18(25)10-16(11-19(22)26)9-14(2)24(27,28)29/h10-11,13-15,17H,4-9,12H2,1-3H3,(H,30,33). The first-order chi connectivity index (χ1) is 16.7. The summed E-state index contributed by atoms with van der Waals surface area (Å²) in [5.74, 6) is -4.09. The highest BCUT2D eigenvalue weighted by Gasteiger charge is 2.36. The van der Waals surface area contributed by atoms with E-state index < -0.39 is 51.6 Å². The lowest BCUT2D eigenvalue weighted by Gasteiger charge is -2.27. The number of nitrogens with zero attached hydrogens (tertiary/aromatic N) is 2. The van der Waals surface area contributed by atoms with Crippen molar-refractivity contribution in [3.05, 3.63) is 47.0 Å². The lowest BCUT2D eigenvalue weighted by Crippen LogP contribution is -2.34. The van der Waals surface area contributed by atoms with Crippen molar-refractivity contribution in [1.29, 1.82) is 0 Å². The summed E-state index contributed by atoms with van der Waals surface area (Å²) >= 11 is 0. The number of halogens is 5. The maximum absolute atomic E-state index is 14.9. The first kappa shape index (κ1) is 28.1. The Morgan fingerprint density at radius 3 is 2.25 bits per heavy atom. The van der Waals surface area contributed by atoms with Gasteiger partial charge in [0.05, 0.1) is 11.2 Å². The monoisotopic (exact) mass is 535 g/mol. The average molecular weight is 536 g/mol. The van der Waals surface area contributed by atoms with Crippen molar-refractivity contribution in [2.24, 2.45) is 11.8 Å². The second kappa shape index (κ2) is 10.9. The summed E-state index contributed by atoms with van der Waals surface area (Å²) in [6, 6.07) is 1.74. The summed E-state index contributed by atoms with van der Waals surface area (Å²) in [5.41, 5.74) is -0.688. The number of nitrogens with one attached hydrogen (secondary N) is 1. The molecule has 0 saturated heterocycles. The molecule has 1 N–H and O–H groups in total. The molecule has 1 saturated carbocycles. The summed E-state index contributed by atoms with van der Waals surface area (Å²) in [4.78, 5) is 16.9. The summed E-state index contributed by atoms with van der Waals surface area (Å²) in [5, 5.41) is 2.39. The molecule has 1 heterocycles. The zero-order chi connectivity index (χ0) is 26.8. The van der Waals surface area contributed by atoms with E-state index >= 15 is 0 Å². The highest BCUT2D eigenvalue weighted by molar-refractivity contribution is 7.91. The van der Waals surface area contributed by atoms with Crippen LogP contribution in [-0.4, -0.2) is 48.1 Å².